The van der Waals surface area contributed by atoms with Crippen LogP contribution in [-0.2, 0) is 30.9 Å². The van der Waals surface area contributed by atoms with Crippen LogP contribution < -0.4 is 10.0 Å². The van der Waals surface area contributed by atoms with Crippen molar-refractivity contribution in [3.8, 4) is 5.75 Å². The fraction of sp³-hybridized carbons (Fsp3) is 0.222. The number of nitrogens with one attached hydrogen (secondary N) is 2. The molecule has 0 fully saturated rings. The summed E-state index contributed by atoms with van der Waals surface area (Å²) in [6.07, 6.45) is 0.0786. The molecule has 1 aromatic carbocycles. The predicted molar refractivity (Wildman–Crippen MR) is 107 cm³/mol. The van der Waals surface area contributed by atoms with Gasteiger partial charge in [-0.15, -0.1) is 11.3 Å². The van der Waals surface area contributed by atoms with Crippen molar-refractivity contribution in [1.29, 1.82) is 0 Å². The first-order chi connectivity index (χ1) is 14.6. The molecular formula is C18H18N2O9S2. The summed E-state index contributed by atoms with van der Waals surface area (Å²) in [7, 11) is -2.95. The predicted octanol–water partition coefficient (Wildman–Crippen LogP) is 0.491. The number of aromatic carboxylic acids is 1. The van der Waals surface area contributed by atoms with Crippen LogP contribution in [-0.4, -0.2) is 55.9 Å². The van der Waals surface area contributed by atoms with E-state index in [1.165, 1.54) is 12.1 Å². The van der Waals surface area contributed by atoms with Crippen molar-refractivity contribution in [3.05, 3.63) is 45.6 Å². The molecule has 0 unspecified atom stereocenters. The average Bonchev–Trinajstić information content (AvgIpc) is 3.21. The number of benzene rings is 1. The Morgan fingerprint density at radius 2 is 1.94 bits per heavy atom. The van der Waals surface area contributed by atoms with Crippen LogP contribution >= 0.6 is 11.3 Å². The Bertz CT molecular complexity index is 1110. The lowest BCUT2D eigenvalue weighted by molar-refractivity contribution is -0.141. The van der Waals surface area contributed by atoms with Crippen LogP contribution in [0.5, 0.6) is 5.75 Å². The summed E-state index contributed by atoms with van der Waals surface area (Å²) in [6, 6.07) is 4.70. The van der Waals surface area contributed by atoms with E-state index in [2.05, 4.69) is 14.8 Å². The van der Waals surface area contributed by atoms with Gasteiger partial charge in [0.2, 0.25) is 10.0 Å². The number of carbonyl (C=O) groups is 4. The van der Waals surface area contributed by atoms with Crippen molar-refractivity contribution < 1.29 is 42.5 Å². The van der Waals surface area contributed by atoms with Crippen LogP contribution in [0.3, 0.4) is 0 Å². The molecule has 4 N–H and O–H groups in total. The van der Waals surface area contributed by atoms with Crippen molar-refractivity contribution in [2.24, 2.45) is 0 Å². The van der Waals surface area contributed by atoms with E-state index in [0.29, 0.717) is 11.2 Å². The third-order valence-corrected chi connectivity index (χ3v) is 6.41. The van der Waals surface area contributed by atoms with Gasteiger partial charge in [-0.25, -0.2) is 17.9 Å². The highest BCUT2D eigenvalue weighted by atomic mass is 32.2. The van der Waals surface area contributed by atoms with Crippen LogP contribution in [0, 0.1) is 0 Å². The second-order valence-corrected chi connectivity index (χ2v) is 9.01. The summed E-state index contributed by atoms with van der Waals surface area (Å²) in [5, 5.41) is 20.9. The van der Waals surface area contributed by atoms with E-state index in [1.54, 1.807) is 0 Å². The number of thiophene rings is 1. The van der Waals surface area contributed by atoms with Crippen molar-refractivity contribution in [1.82, 2.24) is 10.0 Å². The second kappa shape index (κ2) is 10.1. The molecule has 1 amide bonds. The van der Waals surface area contributed by atoms with Crippen molar-refractivity contribution in [2.45, 2.75) is 23.9 Å². The zero-order valence-electron chi connectivity index (χ0n) is 16.0. The van der Waals surface area contributed by atoms with E-state index in [-0.39, 0.29) is 22.7 Å². The van der Waals surface area contributed by atoms with Gasteiger partial charge in [-0.05, 0) is 30.3 Å². The Kier molecular flexibility index (Phi) is 7.85. The van der Waals surface area contributed by atoms with E-state index < -0.39 is 45.2 Å². The van der Waals surface area contributed by atoms with Gasteiger partial charge in [-0.3, -0.25) is 9.59 Å². The molecule has 0 spiro atoms. The van der Waals surface area contributed by atoms with Crippen LogP contribution in [0.1, 0.15) is 31.3 Å². The minimum absolute atomic E-state index is 0.184. The number of rotatable bonds is 10. The quantitative estimate of drug-likeness (QED) is 0.284. The lowest BCUT2D eigenvalue weighted by atomic mass is 10.2. The SMILES string of the molecule is COC(=O)C[C@@H](C=O)NC(=O)c1ccc(CNS(=O)(=O)c2ccc(O)c(C(=O)O)c2)s1. The molecule has 0 radical (unpaired) electrons. The van der Waals surface area contributed by atoms with Crippen molar-refractivity contribution in [3.63, 3.8) is 0 Å². The van der Waals surface area contributed by atoms with Crippen molar-refractivity contribution >= 4 is 45.5 Å². The topological polar surface area (TPSA) is 176 Å². The minimum atomic E-state index is -4.10. The molecule has 0 aliphatic heterocycles. The number of hydrogen-bond acceptors (Lipinski definition) is 9. The highest BCUT2D eigenvalue weighted by molar-refractivity contribution is 7.89. The first-order valence-corrected chi connectivity index (χ1v) is 10.8. The molecule has 0 bridgehead atoms. The number of methoxy groups -OCH3 is 1. The molecule has 0 saturated carbocycles. The number of esters is 1. The van der Waals surface area contributed by atoms with Gasteiger partial charge in [0.1, 0.15) is 17.6 Å². The lowest BCUT2D eigenvalue weighted by Crippen LogP contribution is -2.37. The molecule has 166 valence electrons. The van der Waals surface area contributed by atoms with Gasteiger partial charge < -0.3 is 25.1 Å². The van der Waals surface area contributed by atoms with Crippen LogP contribution in [0.4, 0.5) is 0 Å². The summed E-state index contributed by atoms with van der Waals surface area (Å²) in [4.78, 5) is 45.8. The monoisotopic (exact) mass is 470 g/mol. The summed E-state index contributed by atoms with van der Waals surface area (Å²) in [5.41, 5.74) is -0.561. The van der Waals surface area contributed by atoms with Gasteiger partial charge in [0, 0.05) is 11.4 Å². The Balaban J connectivity index is 2.05. The third-order valence-electron chi connectivity index (χ3n) is 3.93. The zero-order chi connectivity index (χ0) is 23.2. The zero-order valence-corrected chi connectivity index (χ0v) is 17.7. The molecule has 1 aromatic heterocycles. The van der Waals surface area contributed by atoms with E-state index in [1.807, 2.05) is 0 Å². The fourth-order valence-corrected chi connectivity index (χ4v) is 4.31. The maximum absolute atomic E-state index is 12.4. The van der Waals surface area contributed by atoms with Gasteiger partial charge in [-0.2, -0.15) is 0 Å². The molecule has 0 aliphatic carbocycles. The molecular weight excluding hydrogens is 452 g/mol. The molecule has 1 atom stereocenters. The number of hydrogen-bond donors (Lipinski definition) is 4. The Labute approximate surface area is 180 Å². The number of ether oxygens (including phenoxy) is 1. The normalized spacial score (nSPS) is 12.0. The Hall–Kier alpha value is -3.29. The van der Waals surface area contributed by atoms with Gasteiger partial charge in [0.05, 0.1) is 29.3 Å². The number of carboxylic acids is 1. The van der Waals surface area contributed by atoms with Crippen LogP contribution in [0.25, 0.3) is 0 Å². The summed E-state index contributed by atoms with van der Waals surface area (Å²) in [6.45, 7) is -0.192. The molecule has 31 heavy (non-hydrogen) atoms. The van der Waals surface area contributed by atoms with Crippen LogP contribution in [0.15, 0.2) is 35.2 Å². The Morgan fingerprint density at radius 1 is 1.23 bits per heavy atom. The van der Waals surface area contributed by atoms with Gasteiger partial charge in [0.15, 0.2) is 0 Å². The molecule has 0 saturated heterocycles. The summed E-state index contributed by atoms with van der Waals surface area (Å²) >= 11 is 0.959. The standard InChI is InChI=1S/C18H18N2O9S2/c1-29-16(23)6-10(9-21)20-17(24)15-5-2-11(30-15)8-19-31(27,28)12-3-4-14(22)13(7-12)18(25)26/h2-5,7,9-10,19,22H,6,8H2,1H3,(H,20,24)(H,25,26)/t10-/m0/s1. The number of amides is 1. The van der Waals surface area contributed by atoms with Gasteiger partial charge in [0.25, 0.3) is 5.91 Å². The largest absolute Gasteiger partial charge is 0.507 e. The third kappa shape index (κ3) is 6.34. The molecule has 13 heteroatoms. The molecule has 2 aromatic rings. The van der Waals surface area contributed by atoms with E-state index in [4.69, 9.17) is 5.11 Å². The number of sulfonamides is 1. The molecule has 2 rings (SSSR count). The number of carboxylic acid groups (broad SMARTS) is 1. The maximum atomic E-state index is 12.4. The first kappa shape index (κ1) is 24.0. The molecule has 0 aliphatic rings. The second-order valence-electron chi connectivity index (χ2n) is 6.07. The van der Waals surface area contributed by atoms with E-state index >= 15 is 0 Å². The number of aromatic hydroxyl groups is 1. The minimum Gasteiger partial charge on any atom is -0.507 e. The van der Waals surface area contributed by atoms with Gasteiger partial charge >= 0.3 is 11.9 Å². The lowest BCUT2D eigenvalue weighted by Gasteiger charge is -2.10. The van der Waals surface area contributed by atoms with Crippen LogP contribution in [0.2, 0.25) is 0 Å². The summed E-state index contributed by atoms with van der Waals surface area (Å²) in [5.74, 6) is -3.34. The number of carbonyl (C=O) groups excluding carboxylic acids is 3. The van der Waals surface area contributed by atoms with E-state index in [0.717, 1.165) is 36.6 Å². The highest BCUT2D eigenvalue weighted by Crippen LogP contribution is 2.22. The Morgan fingerprint density at radius 3 is 2.55 bits per heavy atom. The number of aldehydes is 1. The molecule has 1 heterocycles. The first-order valence-electron chi connectivity index (χ1n) is 8.55. The smallest absolute Gasteiger partial charge is 0.339 e. The maximum Gasteiger partial charge on any atom is 0.339 e. The average molecular weight is 470 g/mol. The highest BCUT2D eigenvalue weighted by Gasteiger charge is 2.21. The summed E-state index contributed by atoms with van der Waals surface area (Å²) < 4.78 is 31.5. The van der Waals surface area contributed by atoms with Gasteiger partial charge in [-0.1, -0.05) is 0 Å². The van der Waals surface area contributed by atoms with E-state index in [9.17, 15) is 32.7 Å². The molecule has 11 nitrogen and oxygen atoms in total. The fourth-order valence-electron chi connectivity index (χ4n) is 2.33. The number of phenols is 1. The van der Waals surface area contributed by atoms with Crippen molar-refractivity contribution in [2.75, 3.05) is 7.11 Å².